The zero-order valence-electron chi connectivity index (χ0n) is 16.9. The third-order valence-corrected chi connectivity index (χ3v) is 5.28. The van der Waals surface area contributed by atoms with Crippen LogP contribution in [0.1, 0.15) is 29.5 Å². The molecular formula is C25H24N2O4. The Morgan fingerprint density at radius 1 is 0.774 bits per heavy atom. The molecule has 158 valence electrons. The van der Waals surface area contributed by atoms with Gasteiger partial charge in [-0.05, 0) is 16.7 Å². The summed E-state index contributed by atoms with van der Waals surface area (Å²) in [6.07, 6.45) is -0.607. The van der Waals surface area contributed by atoms with E-state index in [0.29, 0.717) is 0 Å². The number of carbonyl (C=O) groups is 3. The minimum atomic E-state index is -1.29. The number of aliphatic carboxylic acids is 1. The number of carboxylic acid groups (broad SMARTS) is 1. The van der Waals surface area contributed by atoms with Crippen molar-refractivity contribution >= 4 is 17.8 Å². The van der Waals surface area contributed by atoms with E-state index >= 15 is 0 Å². The summed E-state index contributed by atoms with van der Waals surface area (Å²) in [5.74, 6) is -2.58. The van der Waals surface area contributed by atoms with Gasteiger partial charge in [0.25, 0.3) is 0 Å². The first kappa shape index (κ1) is 21.8. The Balaban J connectivity index is 2.11. The first-order chi connectivity index (χ1) is 14.9. The van der Waals surface area contributed by atoms with Crippen LogP contribution in [0.4, 0.5) is 0 Å². The maximum Gasteiger partial charge on any atom is 0.305 e. The Morgan fingerprint density at radius 3 is 1.48 bits per heavy atom. The minimum Gasteiger partial charge on any atom is -0.481 e. The van der Waals surface area contributed by atoms with Crippen LogP contribution in [0.5, 0.6) is 0 Å². The number of carboxylic acids is 1. The number of hydrogen-bond donors (Lipinski definition) is 3. The van der Waals surface area contributed by atoms with Crippen LogP contribution in [0.15, 0.2) is 91.0 Å². The first-order valence-corrected chi connectivity index (χ1v) is 9.90. The highest BCUT2D eigenvalue weighted by molar-refractivity contribution is 5.90. The van der Waals surface area contributed by atoms with Gasteiger partial charge in [-0.3, -0.25) is 14.4 Å². The van der Waals surface area contributed by atoms with Crippen molar-refractivity contribution in [1.82, 2.24) is 5.32 Å². The van der Waals surface area contributed by atoms with Crippen molar-refractivity contribution in [2.75, 3.05) is 0 Å². The molecule has 4 N–H and O–H groups in total. The normalized spacial score (nSPS) is 12.0. The fourth-order valence-electron chi connectivity index (χ4n) is 3.86. The summed E-state index contributed by atoms with van der Waals surface area (Å²) >= 11 is 0. The Bertz CT molecular complexity index is 940. The molecule has 3 aromatic rings. The largest absolute Gasteiger partial charge is 0.481 e. The highest BCUT2D eigenvalue weighted by Gasteiger charge is 2.39. The predicted molar refractivity (Wildman–Crippen MR) is 117 cm³/mol. The predicted octanol–water partition coefficient (Wildman–Crippen LogP) is 2.86. The molecule has 0 radical (unpaired) electrons. The molecule has 0 unspecified atom stereocenters. The molecule has 0 aliphatic rings. The van der Waals surface area contributed by atoms with Crippen LogP contribution in [0, 0.1) is 0 Å². The third kappa shape index (κ3) is 4.98. The number of nitrogens with two attached hydrogens (primary N) is 1. The van der Waals surface area contributed by atoms with Crippen molar-refractivity contribution in [2.45, 2.75) is 24.3 Å². The number of hydrogen-bond acceptors (Lipinski definition) is 3. The van der Waals surface area contributed by atoms with Gasteiger partial charge >= 0.3 is 5.97 Å². The number of rotatable bonds is 9. The molecule has 2 amide bonds. The number of nitrogens with one attached hydrogen (secondary N) is 1. The van der Waals surface area contributed by atoms with E-state index in [9.17, 15) is 14.4 Å². The molecule has 1 atom stereocenters. The fraction of sp³-hybridized carbons (Fsp3) is 0.160. The van der Waals surface area contributed by atoms with Crippen molar-refractivity contribution in [3.05, 3.63) is 108 Å². The molecule has 0 aliphatic carbocycles. The molecule has 6 heteroatoms. The molecular weight excluding hydrogens is 392 g/mol. The van der Waals surface area contributed by atoms with Crippen LogP contribution < -0.4 is 11.1 Å². The molecule has 0 fully saturated rings. The van der Waals surface area contributed by atoms with Crippen LogP contribution in [-0.4, -0.2) is 28.9 Å². The van der Waals surface area contributed by atoms with E-state index in [-0.39, 0.29) is 6.42 Å². The summed E-state index contributed by atoms with van der Waals surface area (Å²) in [5.41, 5.74) is 7.16. The van der Waals surface area contributed by atoms with Gasteiger partial charge in [-0.25, -0.2) is 0 Å². The van der Waals surface area contributed by atoms with Crippen molar-refractivity contribution < 1.29 is 19.5 Å². The Labute approximate surface area is 180 Å². The molecule has 0 saturated heterocycles. The van der Waals surface area contributed by atoms with E-state index in [1.54, 1.807) is 0 Å². The SMILES string of the molecule is NC(=O)[C@@H](CC(=O)O)NC(=O)CC(c1ccccc1)(c1ccccc1)c1ccccc1. The minimum absolute atomic E-state index is 0.0333. The van der Waals surface area contributed by atoms with Gasteiger partial charge in [0.1, 0.15) is 6.04 Å². The quantitative estimate of drug-likeness (QED) is 0.466. The average molecular weight is 416 g/mol. The molecule has 31 heavy (non-hydrogen) atoms. The first-order valence-electron chi connectivity index (χ1n) is 9.90. The van der Waals surface area contributed by atoms with Crippen molar-refractivity contribution in [1.29, 1.82) is 0 Å². The second-order valence-corrected chi connectivity index (χ2v) is 7.30. The van der Waals surface area contributed by atoms with E-state index in [2.05, 4.69) is 5.32 Å². The zero-order valence-corrected chi connectivity index (χ0v) is 16.9. The molecule has 0 aliphatic heterocycles. The van der Waals surface area contributed by atoms with Crippen LogP contribution in [0.2, 0.25) is 0 Å². The van der Waals surface area contributed by atoms with Crippen molar-refractivity contribution in [3.8, 4) is 0 Å². The summed E-state index contributed by atoms with van der Waals surface area (Å²) in [5, 5.41) is 11.6. The lowest BCUT2D eigenvalue weighted by atomic mass is 9.67. The van der Waals surface area contributed by atoms with Gasteiger partial charge in [0.05, 0.1) is 11.8 Å². The summed E-state index contributed by atoms with van der Waals surface area (Å²) in [6, 6.07) is 27.6. The summed E-state index contributed by atoms with van der Waals surface area (Å²) in [6.45, 7) is 0. The van der Waals surface area contributed by atoms with E-state index in [1.165, 1.54) is 0 Å². The van der Waals surface area contributed by atoms with E-state index in [1.807, 2.05) is 91.0 Å². The molecule has 0 saturated carbocycles. The van der Waals surface area contributed by atoms with Gasteiger partial charge in [0, 0.05) is 6.42 Å². The van der Waals surface area contributed by atoms with Crippen LogP contribution in [0.3, 0.4) is 0 Å². The Hall–Kier alpha value is -3.93. The number of benzene rings is 3. The standard InChI is InChI=1S/C25H24N2O4/c26-24(31)21(16-23(29)30)27-22(28)17-25(18-10-4-1-5-11-18,19-12-6-2-7-13-19)20-14-8-3-9-15-20/h1-15,21H,16-17H2,(H2,26,31)(H,27,28)(H,29,30)/t21-/m1/s1. The van der Waals surface area contributed by atoms with Crippen molar-refractivity contribution in [2.24, 2.45) is 5.73 Å². The lowest BCUT2D eigenvalue weighted by molar-refractivity contribution is -0.140. The second-order valence-electron chi connectivity index (χ2n) is 7.30. The van der Waals surface area contributed by atoms with Gasteiger partial charge in [-0.15, -0.1) is 0 Å². The summed E-state index contributed by atoms with van der Waals surface area (Å²) < 4.78 is 0. The maximum absolute atomic E-state index is 13.2. The zero-order chi connectivity index (χ0) is 22.3. The molecule has 6 nitrogen and oxygen atoms in total. The number of amides is 2. The van der Waals surface area contributed by atoms with Gasteiger partial charge < -0.3 is 16.2 Å². The van der Waals surface area contributed by atoms with Crippen LogP contribution in [-0.2, 0) is 19.8 Å². The maximum atomic E-state index is 13.2. The lowest BCUT2D eigenvalue weighted by Crippen LogP contribution is -2.47. The number of carbonyl (C=O) groups excluding carboxylic acids is 2. The highest BCUT2D eigenvalue weighted by Crippen LogP contribution is 2.42. The topological polar surface area (TPSA) is 109 Å². The fourth-order valence-corrected chi connectivity index (χ4v) is 3.86. The number of primary amides is 1. The van der Waals surface area contributed by atoms with E-state index < -0.39 is 35.7 Å². The van der Waals surface area contributed by atoms with Crippen LogP contribution >= 0.6 is 0 Å². The summed E-state index contributed by atoms with van der Waals surface area (Å²) in [7, 11) is 0. The van der Waals surface area contributed by atoms with Gasteiger partial charge in [-0.2, -0.15) is 0 Å². The molecule has 3 aromatic carbocycles. The van der Waals surface area contributed by atoms with E-state index in [0.717, 1.165) is 16.7 Å². The Morgan fingerprint density at radius 2 is 1.16 bits per heavy atom. The Kier molecular flexibility index (Phi) is 6.82. The second kappa shape index (κ2) is 9.71. The monoisotopic (exact) mass is 416 g/mol. The molecule has 0 spiro atoms. The van der Waals surface area contributed by atoms with Gasteiger partial charge in [0.15, 0.2) is 0 Å². The van der Waals surface area contributed by atoms with Crippen LogP contribution in [0.25, 0.3) is 0 Å². The van der Waals surface area contributed by atoms with Crippen molar-refractivity contribution in [3.63, 3.8) is 0 Å². The average Bonchev–Trinajstić information content (AvgIpc) is 2.78. The third-order valence-electron chi connectivity index (χ3n) is 5.28. The molecule has 0 aromatic heterocycles. The molecule has 0 bridgehead atoms. The molecule has 3 rings (SSSR count). The smallest absolute Gasteiger partial charge is 0.305 e. The lowest BCUT2D eigenvalue weighted by Gasteiger charge is -2.36. The summed E-state index contributed by atoms with van der Waals surface area (Å²) in [4.78, 5) is 35.9. The highest BCUT2D eigenvalue weighted by atomic mass is 16.4. The molecule has 0 heterocycles. The van der Waals surface area contributed by atoms with E-state index in [4.69, 9.17) is 10.8 Å². The van der Waals surface area contributed by atoms with Gasteiger partial charge in [-0.1, -0.05) is 91.0 Å². The van der Waals surface area contributed by atoms with Gasteiger partial charge in [0.2, 0.25) is 11.8 Å².